The van der Waals surface area contributed by atoms with E-state index in [0.29, 0.717) is 0 Å². The first-order valence-corrected chi connectivity index (χ1v) is 8.50. The molecule has 3 heteroatoms. The standard InChI is InChI=1S/C21H24N2O/c1-4-9-18-15-23(19-11-6-5-7-12-19)21(14-22-18)24-20-13-8-10-16(2)17(20)3/h5-8,10-15,21H,4,9H2,1-3H3. The summed E-state index contributed by atoms with van der Waals surface area (Å²) in [6.45, 7) is 6.36. The number of benzene rings is 2. The fourth-order valence-electron chi connectivity index (χ4n) is 2.77. The minimum absolute atomic E-state index is 0.242. The fraction of sp³-hybridized carbons (Fsp3) is 0.286. The summed E-state index contributed by atoms with van der Waals surface area (Å²) in [5, 5.41) is 0. The smallest absolute Gasteiger partial charge is 0.212 e. The Morgan fingerprint density at radius 1 is 1.04 bits per heavy atom. The van der Waals surface area contributed by atoms with E-state index in [1.165, 1.54) is 11.1 Å². The van der Waals surface area contributed by atoms with Gasteiger partial charge in [0.25, 0.3) is 0 Å². The quantitative estimate of drug-likeness (QED) is 0.752. The maximum Gasteiger partial charge on any atom is 0.212 e. The van der Waals surface area contributed by atoms with E-state index in [4.69, 9.17) is 4.74 Å². The predicted molar refractivity (Wildman–Crippen MR) is 101 cm³/mol. The lowest BCUT2D eigenvalue weighted by atomic mass is 10.1. The molecule has 0 saturated heterocycles. The zero-order chi connectivity index (χ0) is 16.9. The predicted octanol–water partition coefficient (Wildman–Crippen LogP) is 5.24. The number of hydrogen-bond acceptors (Lipinski definition) is 3. The lowest BCUT2D eigenvalue weighted by Gasteiger charge is -2.32. The Morgan fingerprint density at radius 3 is 2.58 bits per heavy atom. The highest BCUT2D eigenvalue weighted by molar-refractivity contribution is 5.74. The Kier molecular flexibility index (Phi) is 4.99. The number of aliphatic imine (C=N–C) groups is 1. The Balaban J connectivity index is 1.91. The van der Waals surface area contributed by atoms with Crippen LogP contribution in [0.1, 0.15) is 30.9 Å². The molecule has 1 aliphatic heterocycles. The summed E-state index contributed by atoms with van der Waals surface area (Å²) in [4.78, 5) is 6.75. The van der Waals surface area contributed by atoms with Crippen molar-refractivity contribution < 1.29 is 4.74 Å². The number of anilines is 1. The summed E-state index contributed by atoms with van der Waals surface area (Å²) in [7, 11) is 0. The van der Waals surface area contributed by atoms with Crippen LogP contribution in [0.3, 0.4) is 0 Å². The van der Waals surface area contributed by atoms with Gasteiger partial charge in [-0.1, -0.05) is 43.7 Å². The second kappa shape index (κ2) is 7.35. The van der Waals surface area contributed by atoms with Crippen molar-refractivity contribution in [3.63, 3.8) is 0 Å². The molecular weight excluding hydrogens is 296 g/mol. The average Bonchev–Trinajstić information content (AvgIpc) is 2.61. The number of aryl methyl sites for hydroxylation is 1. The zero-order valence-electron chi connectivity index (χ0n) is 14.6. The van der Waals surface area contributed by atoms with E-state index in [0.717, 1.165) is 30.0 Å². The molecular formula is C21H24N2O. The highest BCUT2D eigenvalue weighted by Gasteiger charge is 2.22. The van der Waals surface area contributed by atoms with Crippen LogP contribution in [0.5, 0.6) is 5.75 Å². The van der Waals surface area contributed by atoms with Crippen molar-refractivity contribution in [2.45, 2.75) is 39.8 Å². The molecule has 2 aromatic rings. The molecule has 1 atom stereocenters. The lowest BCUT2D eigenvalue weighted by molar-refractivity contribution is 0.272. The number of nitrogens with zero attached hydrogens (tertiary/aromatic N) is 2. The molecule has 24 heavy (non-hydrogen) atoms. The summed E-state index contributed by atoms with van der Waals surface area (Å²) in [6, 6.07) is 16.5. The molecule has 0 bridgehead atoms. The van der Waals surface area contributed by atoms with Crippen molar-refractivity contribution in [2.24, 2.45) is 4.99 Å². The Morgan fingerprint density at radius 2 is 1.83 bits per heavy atom. The van der Waals surface area contributed by atoms with Crippen molar-refractivity contribution in [3.05, 3.63) is 71.6 Å². The van der Waals surface area contributed by atoms with Crippen molar-refractivity contribution in [3.8, 4) is 5.75 Å². The molecule has 0 spiro atoms. The maximum absolute atomic E-state index is 6.29. The SMILES string of the molecule is CCCC1=CN(c2ccccc2)C(Oc2cccc(C)c2C)C=N1. The Bertz CT molecular complexity index is 750. The molecule has 0 aliphatic carbocycles. The van der Waals surface area contributed by atoms with Gasteiger partial charge in [0, 0.05) is 11.9 Å². The molecule has 0 aromatic heterocycles. The second-order valence-corrected chi connectivity index (χ2v) is 6.10. The van der Waals surface area contributed by atoms with Crippen LogP contribution in [0, 0.1) is 13.8 Å². The summed E-state index contributed by atoms with van der Waals surface area (Å²) >= 11 is 0. The van der Waals surface area contributed by atoms with Gasteiger partial charge in [0.2, 0.25) is 6.23 Å². The lowest BCUT2D eigenvalue weighted by Crippen LogP contribution is -2.39. The normalized spacial score (nSPS) is 16.9. The molecule has 0 N–H and O–H groups in total. The maximum atomic E-state index is 6.29. The van der Waals surface area contributed by atoms with Gasteiger partial charge in [-0.3, -0.25) is 4.99 Å². The number of ether oxygens (including phenoxy) is 1. The summed E-state index contributed by atoms with van der Waals surface area (Å²) < 4.78 is 6.29. The molecule has 0 saturated carbocycles. The molecule has 0 fully saturated rings. The first kappa shape index (κ1) is 16.3. The topological polar surface area (TPSA) is 24.8 Å². The van der Waals surface area contributed by atoms with Crippen LogP contribution < -0.4 is 9.64 Å². The minimum Gasteiger partial charge on any atom is -0.465 e. The van der Waals surface area contributed by atoms with E-state index in [1.807, 2.05) is 36.5 Å². The number of allylic oxidation sites excluding steroid dienone is 1. The van der Waals surface area contributed by atoms with Crippen molar-refractivity contribution >= 4 is 11.9 Å². The molecule has 3 rings (SSSR count). The zero-order valence-corrected chi connectivity index (χ0v) is 14.6. The van der Waals surface area contributed by atoms with E-state index < -0.39 is 0 Å². The Labute approximate surface area is 144 Å². The van der Waals surface area contributed by atoms with Gasteiger partial charge in [-0.15, -0.1) is 0 Å². The van der Waals surface area contributed by atoms with Crippen LogP contribution in [0.2, 0.25) is 0 Å². The van der Waals surface area contributed by atoms with Gasteiger partial charge in [0.05, 0.1) is 11.9 Å². The van der Waals surface area contributed by atoms with Gasteiger partial charge >= 0.3 is 0 Å². The monoisotopic (exact) mass is 320 g/mol. The van der Waals surface area contributed by atoms with Crippen molar-refractivity contribution in [1.29, 1.82) is 0 Å². The van der Waals surface area contributed by atoms with Crippen molar-refractivity contribution in [1.82, 2.24) is 0 Å². The van der Waals surface area contributed by atoms with Gasteiger partial charge in [0.15, 0.2) is 0 Å². The third kappa shape index (κ3) is 3.51. The number of rotatable bonds is 5. The van der Waals surface area contributed by atoms with Gasteiger partial charge in [-0.2, -0.15) is 0 Å². The van der Waals surface area contributed by atoms with Crippen LogP contribution in [-0.2, 0) is 0 Å². The summed E-state index contributed by atoms with van der Waals surface area (Å²) in [5.74, 6) is 0.903. The van der Waals surface area contributed by atoms with Gasteiger partial charge in [-0.05, 0) is 49.6 Å². The van der Waals surface area contributed by atoms with Crippen LogP contribution in [0.25, 0.3) is 0 Å². The minimum atomic E-state index is -0.242. The van der Waals surface area contributed by atoms with E-state index in [1.54, 1.807) is 0 Å². The van der Waals surface area contributed by atoms with E-state index in [-0.39, 0.29) is 6.23 Å². The molecule has 3 nitrogen and oxygen atoms in total. The molecule has 0 radical (unpaired) electrons. The highest BCUT2D eigenvalue weighted by atomic mass is 16.5. The van der Waals surface area contributed by atoms with Crippen LogP contribution in [0.4, 0.5) is 5.69 Å². The van der Waals surface area contributed by atoms with Crippen molar-refractivity contribution in [2.75, 3.05) is 4.90 Å². The first-order chi connectivity index (χ1) is 11.7. The van der Waals surface area contributed by atoms with Crippen LogP contribution in [-0.4, -0.2) is 12.4 Å². The number of para-hydroxylation sites is 1. The van der Waals surface area contributed by atoms with E-state index in [2.05, 4.69) is 55.1 Å². The summed E-state index contributed by atoms with van der Waals surface area (Å²) in [5.41, 5.74) is 4.59. The molecule has 1 unspecified atom stereocenters. The van der Waals surface area contributed by atoms with Gasteiger partial charge in [-0.25, -0.2) is 0 Å². The molecule has 124 valence electrons. The fourth-order valence-corrected chi connectivity index (χ4v) is 2.77. The largest absolute Gasteiger partial charge is 0.465 e. The molecule has 1 aliphatic rings. The van der Waals surface area contributed by atoms with Crippen LogP contribution in [0.15, 0.2) is 65.4 Å². The third-order valence-corrected chi connectivity index (χ3v) is 4.29. The van der Waals surface area contributed by atoms with Gasteiger partial charge < -0.3 is 9.64 Å². The summed E-state index contributed by atoms with van der Waals surface area (Å²) in [6.07, 6.45) is 5.81. The van der Waals surface area contributed by atoms with E-state index >= 15 is 0 Å². The Hall–Kier alpha value is -2.55. The van der Waals surface area contributed by atoms with Crippen LogP contribution >= 0.6 is 0 Å². The second-order valence-electron chi connectivity index (χ2n) is 6.10. The molecule has 1 heterocycles. The first-order valence-electron chi connectivity index (χ1n) is 8.50. The molecule has 0 amide bonds. The third-order valence-electron chi connectivity index (χ3n) is 4.29. The molecule has 2 aromatic carbocycles. The van der Waals surface area contributed by atoms with E-state index in [9.17, 15) is 0 Å². The van der Waals surface area contributed by atoms with Gasteiger partial charge in [0.1, 0.15) is 5.75 Å². The number of hydrogen-bond donors (Lipinski definition) is 0. The highest BCUT2D eigenvalue weighted by Crippen LogP contribution is 2.27. The average molecular weight is 320 g/mol.